The first kappa shape index (κ1) is 12.9. The van der Waals surface area contributed by atoms with Gasteiger partial charge in [-0.2, -0.15) is 0 Å². The van der Waals surface area contributed by atoms with Crippen LogP contribution in [0.2, 0.25) is 0 Å². The van der Waals surface area contributed by atoms with Crippen molar-refractivity contribution in [3.8, 4) is 0 Å². The lowest BCUT2D eigenvalue weighted by molar-refractivity contribution is -0.317. The number of ether oxygens (including phenoxy) is 1. The van der Waals surface area contributed by atoms with Gasteiger partial charge in [-0.05, 0) is 33.1 Å². The number of rotatable bonds is 9. The van der Waals surface area contributed by atoms with Crippen molar-refractivity contribution < 1.29 is 14.5 Å². The van der Waals surface area contributed by atoms with Gasteiger partial charge in [-0.25, -0.2) is 9.78 Å². The van der Waals surface area contributed by atoms with Crippen LogP contribution in [-0.2, 0) is 14.5 Å². The summed E-state index contributed by atoms with van der Waals surface area (Å²) in [5, 5.41) is 0. The van der Waals surface area contributed by atoms with Gasteiger partial charge < -0.3 is 4.74 Å². The minimum atomic E-state index is 0.149. The van der Waals surface area contributed by atoms with Gasteiger partial charge in [0.1, 0.15) is 0 Å². The Morgan fingerprint density at radius 2 is 1.69 bits per heavy atom. The van der Waals surface area contributed by atoms with E-state index in [1.807, 2.05) is 13.8 Å². The minimum Gasteiger partial charge on any atom is -0.381 e. The van der Waals surface area contributed by atoms with Crippen molar-refractivity contribution in [2.24, 2.45) is 0 Å². The molecule has 0 saturated carbocycles. The van der Waals surface area contributed by atoms with Crippen molar-refractivity contribution in [3.63, 3.8) is 0 Å². The highest BCUT2D eigenvalue weighted by atomic mass is 17.2. The molecular weight excluding hydrogens is 168 g/mol. The van der Waals surface area contributed by atoms with E-state index in [0.717, 1.165) is 32.5 Å². The highest BCUT2D eigenvalue weighted by Gasteiger charge is 1.94. The van der Waals surface area contributed by atoms with E-state index in [2.05, 4.69) is 6.92 Å². The molecule has 0 atom stereocenters. The fourth-order valence-electron chi connectivity index (χ4n) is 0.796. The van der Waals surface area contributed by atoms with E-state index in [1.165, 1.54) is 0 Å². The maximum atomic E-state index is 5.31. The zero-order valence-electron chi connectivity index (χ0n) is 9.04. The molecule has 0 unspecified atom stereocenters. The van der Waals surface area contributed by atoms with Gasteiger partial charge in [0.15, 0.2) is 0 Å². The van der Waals surface area contributed by atoms with E-state index in [0.29, 0.717) is 6.61 Å². The molecule has 0 saturated heterocycles. The second-order valence-corrected chi connectivity index (χ2v) is 3.29. The van der Waals surface area contributed by atoms with Crippen molar-refractivity contribution in [2.45, 2.75) is 46.1 Å². The summed E-state index contributed by atoms with van der Waals surface area (Å²) in [7, 11) is 0. The Morgan fingerprint density at radius 3 is 2.31 bits per heavy atom. The van der Waals surface area contributed by atoms with Crippen molar-refractivity contribution in [3.05, 3.63) is 0 Å². The van der Waals surface area contributed by atoms with Crippen LogP contribution in [0.4, 0.5) is 0 Å². The van der Waals surface area contributed by atoms with Gasteiger partial charge in [0.05, 0.1) is 12.7 Å². The summed E-state index contributed by atoms with van der Waals surface area (Å²) in [6, 6.07) is 0. The highest BCUT2D eigenvalue weighted by molar-refractivity contribution is 4.36. The molecule has 3 nitrogen and oxygen atoms in total. The standard InChI is InChI=1S/C10H22O3/c1-4-7-11-8-5-6-9-12-13-10(2)3/h10H,4-9H2,1-3H3. The molecule has 0 aromatic heterocycles. The quantitative estimate of drug-likeness (QED) is 0.318. The molecule has 13 heavy (non-hydrogen) atoms. The molecule has 0 fully saturated rings. The third kappa shape index (κ3) is 11.9. The lowest BCUT2D eigenvalue weighted by atomic mass is 10.3. The summed E-state index contributed by atoms with van der Waals surface area (Å²) in [6.07, 6.45) is 3.28. The van der Waals surface area contributed by atoms with Gasteiger partial charge in [-0.1, -0.05) is 6.92 Å². The second kappa shape index (κ2) is 9.96. The Hall–Kier alpha value is -0.120. The molecule has 0 aliphatic rings. The van der Waals surface area contributed by atoms with E-state index in [9.17, 15) is 0 Å². The maximum absolute atomic E-state index is 5.31. The largest absolute Gasteiger partial charge is 0.381 e. The van der Waals surface area contributed by atoms with E-state index in [1.54, 1.807) is 0 Å². The lowest BCUT2D eigenvalue weighted by Crippen LogP contribution is -2.05. The first-order valence-corrected chi connectivity index (χ1v) is 5.13. The molecular formula is C10H22O3. The Labute approximate surface area is 81.3 Å². The zero-order chi connectivity index (χ0) is 9.94. The fraction of sp³-hybridized carbons (Fsp3) is 1.00. The van der Waals surface area contributed by atoms with E-state index in [-0.39, 0.29) is 6.10 Å². The van der Waals surface area contributed by atoms with Crippen LogP contribution in [0.5, 0.6) is 0 Å². The Morgan fingerprint density at radius 1 is 1.00 bits per heavy atom. The van der Waals surface area contributed by atoms with Gasteiger partial charge >= 0.3 is 0 Å². The predicted octanol–water partition coefficient (Wildman–Crippen LogP) is 2.55. The van der Waals surface area contributed by atoms with Gasteiger partial charge in [0, 0.05) is 13.2 Å². The Kier molecular flexibility index (Phi) is 9.87. The van der Waals surface area contributed by atoms with E-state index >= 15 is 0 Å². The summed E-state index contributed by atoms with van der Waals surface area (Å²) in [4.78, 5) is 9.87. The fourth-order valence-corrected chi connectivity index (χ4v) is 0.796. The molecule has 0 aromatic rings. The summed E-state index contributed by atoms with van der Waals surface area (Å²) >= 11 is 0. The average molecular weight is 190 g/mol. The molecule has 0 radical (unpaired) electrons. The Bertz CT molecular complexity index is 94.2. The first-order valence-electron chi connectivity index (χ1n) is 5.13. The summed E-state index contributed by atoms with van der Waals surface area (Å²) < 4.78 is 5.31. The van der Waals surface area contributed by atoms with Crippen LogP contribution < -0.4 is 0 Å². The third-order valence-electron chi connectivity index (χ3n) is 1.38. The molecule has 0 spiro atoms. The molecule has 80 valence electrons. The average Bonchev–Trinajstić information content (AvgIpc) is 2.09. The molecule has 3 heteroatoms. The molecule has 0 heterocycles. The monoisotopic (exact) mass is 190 g/mol. The summed E-state index contributed by atoms with van der Waals surface area (Å²) in [6.45, 7) is 8.37. The van der Waals surface area contributed by atoms with Crippen LogP contribution >= 0.6 is 0 Å². The highest BCUT2D eigenvalue weighted by Crippen LogP contribution is 1.95. The minimum absolute atomic E-state index is 0.149. The van der Waals surface area contributed by atoms with Crippen LogP contribution in [0, 0.1) is 0 Å². The molecule has 0 bridgehead atoms. The zero-order valence-corrected chi connectivity index (χ0v) is 9.04. The molecule has 0 amide bonds. The van der Waals surface area contributed by atoms with Crippen LogP contribution in [0.3, 0.4) is 0 Å². The van der Waals surface area contributed by atoms with Crippen molar-refractivity contribution in [1.29, 1.82) is 0 Å². The molecule has 0 N–H and O–H groups in total. The normalized spacial score (nSPS) is 11.1. The second-order valence-electron chi connectivity index (χ2n) is 3.29. The van der Waals surface area contributed by atoms with Gasteiger partial charge in [-0.15, -0.1) is 0 Å². The smallest absolute Gasteiger partial charge is 0.0873 e. The number of hydrogen-bond acceptors (Lipinski definition) is 3. The summed E-state index contributed by atoms with van der Waals surface area (Å²) in [5.74, 6) is 0. The topological polar surface area (TPSA) is 27.7 Å². The summed E-state index contributed by atoms with van der Waals surface area (Å²) in [5.41, 5.74) is 0. The SMILES string of the molecule is CCCOCCCCOOC(C)C. The predicted molar refractivity (Wildman–Crippen MR) is 52.5 cm³/mol. The molecule has 0 rings (SSSR count). The van der Waals surface area contributed by atoms with Crippen molar-refractivity contribution >= 4 is 0 Å². The molecule has 0 aromatic carbocycles. The lowest BCUT2D eigenvalue weighted by Gasteiger charge is -2.06. The van der Waals surface area contributed by atoms with Crippen LogP contribution in [0.15, 0.2) is 0 Å². The van der Waals surface area contributed by atoms with Gasteiger partial charge in [-0.3, -0.25) is 0 Å². The van der Waals surface area contributed by atoms with E-state index in [4.69, 9.17) is 14.5 Å². The molecule has 0 aliphatic heterocycles. The first-order chi connectivity index (χ1) is 6.27. The van der Waals surface area contributed by atoms with Crippen LogP contribution in [0.25, 0.3) is 0 Å². The number of hydrogen-bond donors (Lipinski definition) is 0. The van der Waals surface area contributed by atoms with Gasteiger partial charge in [0.2, 0.25) is 0 Å². The third-order valence-corrected chi connectivity index (χ3v) is 1.38. The van der Waals surface area contributed by atoms with Crippen molar-refractivity contribution in [2.75, 3.05) is 19.8 Å². The maximum Gasteiger partial charge on any atom is 0.0873 e. The van der Waals surface area contributed by atoms with Crippen LogP contribution in [-0.4, -0.2) is 25.9 Å². The van der Waals surface area contributed by atoms with Gasteiger partial charge in [0.25, 0.3) is 0 Å². The number of unbranched alkanes of at least 4 members (excludes halogenated alkanes) is 1. The molecule has 0 aliphatic carbocycles. The van der Waals surface area contributed by atoms with Crippen LogP contribution in [0.1, 0.15) is 40.0 Å². The Balaban J connectivity index is 2.84. The van der Waals surface area contributed by atoms with Crippen molar-refractivity contribution in [1.82, 2.24) is 0 Å². The van der Waals surface area contributed by atoms with E-state index < -0.39 is 0 Å².